The lowest BCUT2D eigenvalue weighted by Gasteiger charge is -2.12. The molecule has 0 aliphatic rings. The van der Waals surface area contributed by atoms with Crippen LogP contribution in [0.1, 0.15) is 12.5 Å². The number of nitrogens with one attached hydrogen (secondary N) is 1. The highest BCUT2D eigenvalue weighted by Gasteiger charge is 2.10. The first-order valence-corrected chi connectivity index (χ1v) is 7.39. The fraction of sp³-hybridized carbons (Fsp3) is 0.176. The van der Waals surface area contributed by atoms with E-state index in [-0.39, 0.29) is 5.56 Å². The SMILES string of the molecule is CCn1nc(-c2ccncc2)cc(Nc2cnccc2C)c1=O. The molecular weight excluding hydrogens is 290 g/mol. The minimum absolute atomic E-state index is 0.159. The lowest BCUT2D eigenvalue weighted by atomic mass is 10.2. The van der Waals surface area contributed by atoms with Crippen molar-refractivity contribution in [2.45, 2.75) is 20.4 Å². The number of aryl methyl sites for hydroxylation is 2. The molecule has 0 fully saturated rings. The van der Waals surface area contributed by atoms with Crippen molar-refractivity contribution in [2.24, 2.45) is 0 Å². The van der Waals surface area contributed by atoms with Crippen molar-refractivity contribution >= 4 is 11.4 Å². The summed E-state index contributed by atoms with van der Waals surface area (Å²) >= 11 is 0. The van der Waals surface area contributed by atoms with E-state index in [1.807, 2.05) is 32.0 Å². The van der Waals surface area contributed by atoms with Gasteiger partial charge in [0.25, 0.3) is 5.56 Å². The number of rotatable bonds is 4. The maximum absolute atomic E-state index is 12.5. The van der Waals surface area contributed by atoms with Crippen LogP contribution in [0.4, 0.5) is 11.4 Å². The van der Waals surface area contributed by atoms with Crippen molar-refractivity contribution in [1.82, 2.24) is 19.7 Å². The molecular formula is C17H17N5O. The molecule has 3 rings (SSSR count). The van der Waals surface area contributed by atoms with Gasteiger partial charge in [-0.25, -0.2) is 4.68 Å². The third-order valence-electron chi connectivity index (χ3n) is 3.56. The van der Waals surface area contributed by atoms with Gasteiger partial charge in [-0.15, -0.1) is 0 Å². The third kappa shape index (κ3) is 3.11. The standard InChI is InChI=1S/C17H17N5O/c1-3-22-17(23)15(20-16-11-19-7-4-12(16)2)10-14(21-22)13-5-8-18-9-6-13/h4-11,20H,3H2,1-2H3. The molecule has 0 unspecified atom stereocenters. The molecule has 1 N–H and O–H groups in total. The Morgan fingerprint density at radius 3 is 2.52 bits per heavy atom. The Balaban J connectivity index is 2.09. The summed E-state index contributed by atoms with van der Waals surface area (Å²) in [5.41, 5.74) is 3.77. The molecule has 116 valence electrons. The number of nitrogens with zero attached hydrogens (tertiary/aromatic N) is 4. The maximum atomic E-state index is 12.5. The van der Waals surface area contributed by atoms with Gasteiger partial charge in [-0.2, -0.15) is 5.10 Å². The highest BCUT2D eigenvalue weighted by molar-refractivity contribution is 5.67. The van der Waals surface area contributed by atoms with Crippen LogP contribution in [0.25, 0.3) is 11.3 Å². The number of pyridine rings is 2. The Morgan fingerprint density at radius 1 is 1.09 bits per heavy atom. The predicted octanol–water partition coefficient (Wildman–Crippen LogP) is 2.77. The van der Waals surface area contributed by atoms with Gasteiger partial charge < -0.3 is 5.32 Å². The molecule has 0 bridgehead atoms. The first-order valence-electron chi connectivity index (χ1n) is 7.39. The van der Waals surface area contributed by atoms with Crippen LogP contribution >= 0.6 is 0 Å². The van der Waals surface area contributed by atoms with Crippen LogP contribution in [-0.2, 0) is 6.54 Å². The maximum Gasteiger partial charge on any atom is 0.290 e. The minimum atomic E-state index is -0.159. The van der Waals surface area contributed by atoms with Crippen LogP contribution in [0.3, 0.4) is 0 Å². The van der Waals surface area contributed by atoms with Crippen LogP contribution in [0.2, 0.25) is 0 Å². The van der Waals surface area contributed by atoms with Crippen molar-refractivity contribution in [3.63, 3.8) is 0 Å². The van der Waals surface area contributed by atoms with Gasteiger partial charge in [-0.3, -0.25) is 14.8 Å². The first kappa shape index (κ1) is 14.9. The first-order chi connectivity index (χ1) is 11.2. The second kappa shape index (κ2) is 6.39. The number of hydrogen-bond acceptors (Lipinski definition) is 5. The summed E-state index contributed by atoms with van der Waals surface area (Å²) in [5.74, 6) is 0. The van der Waals surface area contributed by atoms with Crippen molar-refractivity contribution in [2.75, 3.05) is 5.32 Å². The number of aromatic nitrogens is 4. The van der Waals surface area contributed by atoms with Gasteiger partial charge in [0, 0.05) is 30.7 Å². The predicted molar refractivity (Wildman–Crippen MR) is 89.7 cm³/mol. The summed E-state index contributed by atoms with van der Waals surface area (Å²) < 4.78 is 1.45. The summed E-state index contributed by atoms with van der Waals surface area (Å²) in [4.78, 5) is 20.6. The monoisotopic (exact) mass is 307 g/mol. The molecule has 0 saturated carbocycles. The van der Waals surface area contributed by atoms with E-state index in [2.05, 4.69) is 20.4 Å². The molecule has 0 radical (unpaired) electrons. The Kier molecular flexibility index (Phi) is 4.14. The molecule has 6 nitrogen and oxygen atoms in total. The van der Waals surface area contributed by atoms with Crippen molar-refractivity contribution in [1.29, 1.82) is 0 Å². The molecule has 3 aromatic heterocycles. The van der Waals surface area contributed by atoms with E-state index in [1.165, 1.54) is 4.68 Å². The number of anilines is 2. The van der Waals surface area contributed by atoms with Crippen molar-refractivity contribution in [3.05, 3.63) is 65.0 Å². The topological polar surface area (TPSA) is 72.7 Å². The average molecular weight is 307 g/mol. The van der Waals surface area contributed by atoms with Crippen LogP contribution in [0, 0.1) is 6.92 Å². The van der Waals surface area contributed by atoms with E-state index in [0.29, 0.717) is 12.2 Å². The molecule has 0 aromatic carbocycles. The zero-order valence-electron chi connectivity index (χ0n) is 13.0. The molecule has 0 atom stereocenters. The van der Waals surface area contributed by atoms with Crippen LogP contribution in [-0.4, -0.2) is 19.7 Å². The summed E-state index contributed by atoms with van der Waals surface area (Å²) in [6, 6.07) is 7.39. The minimum Gasteiger partial charge on any atom is -0.349 e. The van der Waals surface area contributed by atoms with E-state index in [4.69, 9.17) is 0 Å². The third-order valence-corrected chi connectivity index (χ3v) is 3.56. The molecule has 23 heavy (non-hydrogen) atoms. The van der Waals surface area contributed by atoms with Gasteiger partial charge in [-0.05, 0) is 43.7 Å². The summed E-state index contributed by atoms with van der Waals surface area (Å²) in [6.45, 7) is 4.36. The lowest BCUT2D eigenvalue weighted by molar-refractivity contribution is 0.621. The summed E-state index contributed by atoms with van der Waals surface area (Å²) in [5, 5.41) is 7.58. The smallest absolute Gasteiger partial charge is 0.290 e. The molecule has 0 amide bonds. The Morgan fingerprint density at radius 2 is 1.83 bits per heavy atom. The molecule has 0 spiro atoms. The molecule has 0 saturated heterocycles. The molecule has 6 heteroatoms. The Labute approximate surface area is 133 Å². The van der Waals surface area contributed by atoms with Gasteiger partial charge in [0.05, 0.1) is 17.6 Å². The number of hydrogen-bond donors (Lipinski definition) is 1. The summed E-state index contributed by atoms with van der Waals surface area (Å²) in [7, 11) is 0. The van der Waals surface area contributed by atoms with Gasteiger partial charge in [0.2, 0.25) is 0 Å². The quantitative estimate of drug-likeness (QED) is 0.802. The highest BCUT2D eigenvalue weighted by Crippen LogP contribution is 2.21. The normalized spacial score (nSPS) is 10.5. The van der Waals surface area contributed by atoms with E-state index in [9.17, 15) is 4.79 Å². The zero-order valence-corrected chi connectivity index (χ0v) is 13.0. The largest absolute Gasteiger partial charge is 0.349 e. The lowest BCUT2D eigenvalue weighted by Crippen LogP contribution is -2.25. The summed E-state index contributed by atoms with van der Waals surface area (Å²) in [6.07, 6.45) is 6.84. The van der Waals surface area contributed by atoms with Crippen molar-refractivity contribution < 1.29 is 0 Å². The highest BCUT2D eigenvalue weighted by atomic mass is 16.1. The van der Waals surface area contributed by atoms with E-state index < -0.39 is 0 Å². The fourth-order valence-electron chi connectivity index (χ4n) is 2.25. The van der Waals surface area contributed by atoms with Gasteiger partial charge in [-0.1, -0.05) is 0 Å². The van der Waals surface area contributed by atoms with Crippen LogP contribution in [0.5, 0.6) is 0 Å². The van der Waals surface area contributed by atoms with E-state index in [0.717, 1.165) is 22.5 Å². The van der Waals surface area contributed by atoms with Gasteiger partial charge in [0.1, 0.15) is 5.69 Å². The second-order valence-electron chi connectivity index (χ2n) is 5.12. The second-order valence-corrected chi connectivity index (χ2v) is 5.12. The zero-order chi connectivity index (χ0) is 16.2. The van der Waals surface area contributed by atoms with E-state index >= 15 is 0 Å². The Hall–Kier alpha value is -3.02. The fourth-order valence-corrected chi connectivity index (χ4v) is 2.25. The van der Waals surface area contributed by atoms with Crippen LogP contribution in [0.15, 0.2) is 53.8 Å². The Bertz CT molecular complexity index is 874. The van der Waals surface area contributed by atoms with Crippen molar-refractivity contribution in [3.8, 4) is 11.3 Å². The van der Waals surface area contributed by atoms with Gasteiger partial charge in [0.15, 0.2) is 0 Å². The van der Waals surface area contributed by atoms with Gasteiger partial charge >= 0.3 is 0 Å². The average Bonchev–Trinajstić information content (AvgIpc) is 2.59. The van der Waals surface area contributed by atoms with Crippen LogP contribution < -0.4 is 10.9 Å². The molecule has 0 aliphatic carbocycles. The molecule has 3 heterocycles. The molecule has 0 aliphatic heterocycles. The van der Waals surface area contributed by atoms with E-state index in [1.54, 1.807) is 30.9 Å². The molecule has 3 aromatic rings.